The third-order valence-corrected chi connectivity index (χ3v) is 4.81. The van der Waals surface area contributed by atoms with Gasteiger partial charge in [0.15, 0.2) is 0 Å². The van der Waals surface area contributed by atoms with Gasteiger partial charge in [0.2, 0.25) is 5.91 Å². The Bertz CT molecular complexity index is 553. The number of nitrogens with zero attached hydrogens (tertiary/aromatic N) is 1. The lowest BCUT2D eigenvalue weighted by molar-refractivity contribution is -0.127. The Morgan fingerprint density at radius 3 is 2.83 bits per heavy atom. The second-order valence-electron chi connectivity index (χ2n) is 6.95. The molecule has 3 rings (SSSR count). The highest BCUT2D eigenvalue weighted by molar-refractivity contribution is 5.79. The number of fused-ring (bicyclic) bond motifs is 1. The molecule has 0 spiro atoms. The summed E-state index contributed by atoms with van der Waals surface area (Å²) in [5.41, 5.74) is 1.05. The molecule has 0 saturated carbocycles. The summed E-state index contributed by atoms with van der Waals surface area (Å²) in [4.78, 5) is 14.9. The molecule has 1 fully saturated rings. The number of rotatable bonds is 4. The van der Waals surface area contributed by atoms with Crippen LogP contribution < -0.4 is 10.1 Å². The van der Waals surface area contributed by atoms with Crippen LogP contribution in [0.15, 0.2) is 24.3 Å². The van der Waals surface area contributed by atoms with Crippen LogP contribution in [0, 0.1) is 5.92 Å². The van der Waals surface area contributed by atoms with Crippen LogP contribution in [0.4, 0.5) is 0 Å². The van der Waals surface area contributed by atoms with E-state index >= 15 is 0 Å². The van der Waals surface area contributed by atoms with Crippen LogP contribution in [0.3, 0.4) is 0 Å². The smallest absolute Gasteiger partial charge is 0.226 e. The summed E-state index contributed by atoms with van der Waals surface area (Å²) < 4.78 is 11.1. The third kappa shape index (κ3) is 3.85. The van der Waals surface area contributed by atoms with Crippen LogP contribution in [0.2, 0.25) is 0 Å². The fourth-order valence-corrected chi connectivity index (χ4v) is 3.22. The standard InChI is InChI=1S/C18H26N2O3/c1-18(2,20-7-9-22-10-8-20)13-19-17(21)15-11-14-5-3-4-6-16(14)23-12-15/h3-6,15H,7-13H2,1-2H3,(H,19,21)/t15-/m0/s1. The van der Waals surface area contributed by atoms with Gasteiger partial charge >= 0.3 is 0 Å². The molecule has 2 aliphatic rings. The average Bonchev–Trinajstić information content (AvgIpc) is 2.60. The average molecular weight is 318 g/mol. The van der Waals surface area contributed by atoms with Crippen LogP contribution in [-0.2, 0) is 16.0 Å². The van der Waals surface area contributed by atoms with Crippen molar-refractivity contribution in [2.24, 2.45) is 5.92 Å². The normalized spacial score (nSPS) is 22.1. The number of nitrogens with one attached hydrogen (secondary N) is 1. The van der Waals surface area contributed by atoms with Crippen molar-refractivity contribution in [3.8, 4) is 5.75 Å². The van der Waals surface area contributed by atoms with E-state index in [1.807, 2.05) is 24.3 Å². The number of para-hydroxylation sites is 1. The molecular formula is C18H26N2O3. The minimum Gasteiger partial charge on any atom is -0.492 e. The van der Waals surface area contributed by atoms with Crippen LogP contribution in [-0.4, -0.2) is 55.8 Å². The highest BCUT2D eigenvalue weighted by Gasteiger charge is 2.31. The molecule has 5 nitrogen and oxygen atoms in total. The molecule has 0 bridgehead atoms. The molecule has 1 aromatic carbocycles. The zero-order valence-corrected chi connectivity index (χ0v) is 14.0. The van der Waals surface area contributed by atoms with Crippen molar-refractivity contribution in [1.82, 2.24) is 10.2 Å². The van der Waals surface area contributed by atoms with E-state index in [-0.39, 0.29) is 17.4 Å². The first kappa shape index (κ1) is 16.3. The summed E-state index contributed by atoms with van der Waals surface area (Å²) >= 11 is 0. The molecular weight excluding hydrogens is 292 g/mol. The first-order chi connectivity index (χ1) is 11.1. The quantitative estimate of drug-likeness (QED) is 0.913. The molecule has 1 saturated heterocycles. The maximum atomic E-state index is 12.5. The lowest BCUT2D eigenvalue weighted by Gasteiger charge is -2.41. The van der Waals surface area contributed by atoms with Gasteiger partial charge in [-0.2, -0.15) is 0 Å². The predicted molar refractivity (Wildman–Crippen MR) is 88.6 cm³/mol. The molecule has 2 aliphatic heterocycles. The van der Waals surface area contributed by atoms with Crippen LogP contribution in [0.1, 0.15) is 19.4 Å². The Morgan fingerprint density at radius 2 is 2.04 bits per heavy atom. The minimum absolute atomic E-state index is 0.0626. The van der Waals surface area contributed by atoms with Gasteiger partial charge in [-0.3, -0.25) is 9.69 Å². The topological polar surface area (TPSA) is 50.8 Å². The minimum atomic E-state index is -0.106. The Kier molecular flexibility index (Phi) is 4.87. The van der Waals surface area contributed by atoms with Gasteiger partial charge in [-0.05, 0) is 31.9 Å². The van der Waals surface area contributed by atoms with Gasteiger partial charge in [0.25, 0.3) is 0 Å². The SMILES string of the molecule is CC(C)(CNC(=O)[C@@H]1COc2ccccc2C1)N1CCOCC1. The zero-order chi connectivity index (χ0) is 16.3. The van der Waals surface area contributed by atoms with Gasteiger partial charge in [-0.25, -0.2) is 0 Å². The van der Waals surface area contributed by atoms with E-state index < -0.39 is 0 Å². The van der Waals surface area contributed by atoms with Gasteiger partial charge in [0.1, 0.15) is 12.4 Å². The summed E-state index contributed by atoms with van der Waals surface area (Å²) in [7, 11) is 0. The molecule has 2 heterocycles. The van der Waals surface area contributed by atoms with Crippen LogP contribution >= 0.6 is 0 Å². The zero-order valence-electron chi connectivity index (χ0n) is 14.0. The first-order valence-corrected chi connectivity index (χ1v) is 8.37. The second-order valence-corrected chi connectivity index (χ2v) is 6.95. The number of hydrogen-bond donors (Lipinski definition) is 1. The number of hydrogen-bond acceptors (Lipinski definition) is 4. The molecule has 1 atom stereocenters. The molecule has 126 valence electrons. The molecule has 0 radical (unpaired) electrons. The monoisotopic (exact) mass is 318 g/mol. The summed E-state index contributed by atoms with van der Waals surface area (Å²) in [6.45, 7) is 8.82. The van der Waals surface area contributed by atoms with Gasteiger partial charge in [0.05, 0.1) is 19.1 Å². The fourth-order valence-electron chi connectivity index (χ4n) is 3.22. The number of carbonyl (C=O) groups is 1. The van der Waals surface area contributed by atoms with E-state index in [1.54, 1.807) is 0 Å². The van der Waals surface area contributed by atoms with E-state index in [0.717, 1.165) is 44.0 Å². The fraction of sp³-hybridized carbons (Fsp3) is 0.611. The number of ether oxygens (including phenoxy) is 2. The largest absolute Gasteiger partial charge is 0.492 e. The Morgan fingerprint density at radius 1 is 1.30 bits per heavy atom. The number of morpholine rings is 1. The summed E-state index contributed by atoms with van der Waals surface area (Å²) in [6.07, 6.45) is 0.750. The highest BCUT2D eigenvalue weighted by Crippen LogP contribution is 2.27. The number of benzene rings is 1. The molecule has 1 amide bonds. The lowest BCUT2D eigenvalue weighted by atomic mass is 9.95. The summed E-state index contributed by atoms with van der Waals surface area (Å²) in [6, 6.07) is 7.95. The predicted octanol–water partition coefficient (Wildman–Crippen LogP) is 1.46. The Hall–Kier alpha value is -1.59. The highest BCUT2D eigenvalue weighted by atomic mass is 16.5. The lowest BCUT2D eigenvalue weighted by Crippen LogP contribution is -2.56. The van der Waals surface area contributed by atoms with E-state index in [2.05, 4.69) is 24.1 Å². The van der Waals surface area contributed by atoms with Crippen LogP contribution in [0.25, 0.3) is 0 Å². The van der Waals surface area contributed by atoms with Crippen molar-refractivity contribution < 1.29 is 14.3 Å². The molecule has 5 heteroatoms. The van der Waals surface area contributed by atoms with Crippen molar-refractivity contribution in [2.75, 3.05) is 39.5 Å². The molecule has 1 aromatic rings. The maximum Gasteiger partial charge on any atom is 0.226 e. The molecule has 1 N–H and O–H groups in total. The first-order valence-electron chi connectivity index (χ1n) is 8.37. The van der Waals surface area contributed by atoms with Gasteiger partial charge < -0.3 is 14.8 Å². The summed E-state index contributed by atoms with van der Waals surface area (Å²) in [5, 5.41) is 3.12. The Labute approximate surface area is 137 Å². The van der Waals surface area contributed by atoms with Gasteiger partial charge in [0, 0.05) is 25.2 Å². The third-order valence-electron chi connectivity index (χ3n) is 4.81. The Balaban J connectivity index is 1.53. The van der Waals surface area contributed by atoms with E-state index in [9.17, 15) is 4.79 Å². The van der Waals surface area contributed by atoms with Crippen molar-refractivity contribution in [3.05, 3.63) is 29.8 Å². The maximum absolute atomic E-state index is 12.5. The molecule has 0 unspecified atom stereocenters. The molecule has 0 aromatic heterocycles. The number of carbonyl (C=O) groups excluding carboxylic acids is 1. The van der Waals surface area contributed by atoms with Gasteiger partial charge in [-0.1, -0.05) is 18.2 Å². The van der Waals surface area contributed by atoms with Crippen LogP contribution in [0.5, 0.6) is 5.75 Å². The molecule has 23 heavy (non-hydrogen) atoms. The van der Waals surface area contributed by atoms with Crippen molar-refractivity contribution in [3.63, 3.8) is 0 Å². The number of amides is 1. The van der Waals surface area contributed by atoms with E-state index in [4.69, 9.17) is 9.47 Å². The van der Waals surface area contributed by atoms with Crippen molar-refractivity contribution >= 4 is 5.91 Å². The van der Waals surface area contributed by atoms with E-state index in [0.29, 0.717) is 13.2 Å². The van der Waals surface area contributed by atoms with E-state index in [1.165, 1.54) is 0 Å². The second kappa shape index (κ2) is 6.89. The van der Waals surface area contributed by atoms with Gasteiger partial charge in [-0.15, -0.1) is 0 Å². The molecule has 0 aliphatic carbocycles. The van der Waals surface area contributed by atoms with Crippen molar-refractivity contribution in [1.29, 1.82) is 0 Å². The van der Waals surface area contributed by atoms with Crippen molar-refractivity contribution in [2.45, 2.75) is 25.8 Å². The summed E-state index contributed by atoms with van der Waals surface area (Å²) in [5.74, 6) is 0.886.